The van der Waals surface area contributed by atoms with E-state index in [1.165, 1.54) is 0 Å². The third-order valence-corrected chi connectivity index (χ3v) is 2.55. The molecular formula is C13H12F5NO4. The van der Waals surface area contributed by atoms with Crippen molar-refractivity contribution >= 4 is 11.9 Å². The monoisotopic (exact) mass is 341 g/mol. The van der Waals surface area contributed by atoms with Gasteiger partial charge in [-0.3, -0.25) is 9.59 Å². The molecule has 0 fully saturated rings. The van der Waals surface area contributed by atoms with Crippen molar-refractivity contribution in [2.75, 3.05) is 13.2 Å². The molecule has 0 spiro atoms. The second-order valence-corrected chi connectivity index (χ2v) is 4.31. The lowest BCUT2D eigenvalue weighted by molar-refractivity contribution is -0.136. The second-order valence-electron chi connectivity index (χ2n) is 4.31. The molecule has 1 aromatic carbocycles. The molecule has 23 heavy (non-hydrogen) atoms. The fourth-order valence-corrected chi connectivity index (χ4v) is 1.45. The molecule has 2 N–H and O–H groups in total. The molecule has 5 nitrogen and oxygen atoms in total. The van der Waals surface area contributed by atoms with Gasteiger partial charge in [-0.05, 0) is 6.42 Å². The number of nitrogens with two attached hydrogens (primary N) is 1. The molecule has 0 aliphatic heterocycles. The lowest BCUT2D eigenvalue weighted by Crippen LogP contribution is -2.16. The standard InChI is InChI=1S/C13H12F5NO4/c14-8-9(15)11(17)13(12(18)10(8)16)23-7(21)3-5-22-4-1-2-6(19)20/h1-5H2,(H2,19,20). The van der Waals surface area contributed by atoms with Gasteiger partial charge in [0.05, 0.1) is 13.0 Å². The van der Waals surface area contributed by atoms with Gasteiger partial charge in [0, 0.05) is 13.0 Å². The van der Waals surface area contributed by atoms with Gasteiger partial charge in [0.2, 0.25) is 40.7 Å². The number of benzene rings is 1. The summed E-state index contributed by atoms with van der Waals surface area (Å²) < 4.78 is 74.2. The molecule has 128 valence electrons. The van der Waals surface area contributed by atoms with E-state index in [-0.39, 0.29) is 19.6 Å². The lowest BCUT2D eigenvalue weighted by Gasteiger charge is -2.09. The predicted octanol–water partition coefficient (Wildman–Crippen LogP) is 1.96. The first-order valence-corrected chi connectivity index (χ1v) is 6.33. The van der Waals surface area contributed by atoms with Gasteiger partial charge in [-0.25, -0.2) is 13.2 Å². The van der Waals surface area contributed by atoms with E-state index in [2.05, 4.69) is 4.74 Å². The van der Waals surface area contributed by atoms with E-state index < -0.39 is 53.1 Å². The number of esters is 1. The average molecular weight is 341 g/mol. The van der Waals surface area contributed by atoms with E-state index in [0.717, 1.165) is 0 Å². The molecule has 1 aromatic rings. The molecule has 0 radical (unpaired) electrons. The van der Waals surface area contributed by atoms with Gasteiger partial charge in [-0.15, -0.1) is 0 Å². The summed E-state index contributed by atoms with van der Waals surface area (Å²) in [5, 5.41) is 0. The lowest BCUT2D eigenvalue weighted by atomic mass is 10.2. The first kappa shape index (κ1) is 18.8. The zero-order valence-corrected chi connectivity index (χ0v) is 11.6. The number of carbonyl (C=O) groups is 2. The van der Waals surface area contributed by atoms with Crippen LogP contribution in [0.15, 0.2) is 0 Å². The molecule has 1 amide bonds. The maximum atomic E-state index is 13.3. The summed E-state index contributed by atoms with van der Waals surface area (Å²) in [7, 11) is 0. The molecular weight excluding hydrogens is 329 g/mol. The van der Waals surface area contributed by atoms with Crippen LogP contribution < -0.4 is 10.5 Å². The Labute approximate surface area is 127 Å². The summed E-state index contributed by atoms with van der Waals surface area (Å²) in [4.78, 5) is 21.7. The minimum atomic E-state index is -2.35. The van der Waals surface area contributed by atoms with E-state index in [0.29, 0.717) is 6.42 Å². The SMILES string of the molecule is NC(=O)CCCOCCC(=O)Oc1c(F)c(F)c(F)c(F)c1F. The Morgan fingerprint density at radius 2 is 1.35 bits per heavy atom. The number of ether oxygens (including phenoxy) is 2. The molecule has 0 unspecified atom stereocenters. The predicted molar refractivity (Wildman–Crippen MR) is 65.7 cm³/mol. The fraction of sp³-hybridized carbons (Fsp3) is 0.385. The maximum absolute atomic E-state index is 13.3. The zero-order chi connectivity index (χ0) is 17.6. The molecule has 0 atom stereocenters. The smallest absolute Gasteiger partial charge is 0.313 e. The molecule has 0 aromatic heterocycles. The van der Waals surface area contributed by atoms with Crippen LogP contribution in [0.2, 0.25) is 0 Å². The van der Waals surface area contributed by atoms with E-state index in [4.69, 9.17) is 10.5 Å². The van der Waals surface area contributed by atoms with E-state index in [9.17, 15) is 31.5 Å². The number of carbonyl (C=O) groups excluding carboxylic acids is 2. The van der Waals surface area contributed by atoms with Gasteiger partial charge in [0.25, 0.3) is 0 Å². The van der Waals surface area contributed by atoms with Crippen molar-refractivity contribution < 1.29 is 41.0 Å². The maximum Gasteiger partial charge on any atom is 0.313 e. The van der Waals surface area contributed by atoms with Crippen LogP contribution in [0, 0.1) is 29.1 Å². The normalized spacial score (nSPS) is 10.7. The highest BCUT2D eigenvalue weighted by Gasteiger charge is 2.28. The largest absolute Gasteiger partial charge is 0.420 e. The van der Waals surface area contributed by atoms with Crippen LogP contribution in [-0.2, 0) is 14.3 Å². The number of hydrogen-bond acceptors (Lipinski definition) is 4. The second kappa shape index (κ2) is 8.42. The number of primary amides is 1. The van der Waals surface area contributed by atoms with Crippen LogP contribution in [0.4, 0.5) is 22.0 Å². The van der Waals surface area contributed by atoms with Crippen LogP contribution in [0.25, 0.3) is 0 Å². The van der Waals surface area contributed by atoms with E-state index in [1.54, 1.807) is 0 Å². The minimum Gasteiger partial charge on any atom is -0.420 e. The highest BCUT2D eigenvalue weighted by Crippen LogP contribution is 2.29. The number of amides is 1. The average Bonchev–Trinajstić information content (AvgIpc) is 2.50. The van der Waals surface area contributed by atoms with Crippen molar-refractivity contribution in [3.8, 4) is 5.75 Å². The van der Waals surface area contributed by atoms with Gasteiger partial charge < -0.3 is 15.2 Å². The Hall–Kier alpha value is -2.23. The zero-order valence-electron chi connectivity index (χ0n) is 11.6. The highest BCUT2D eigenvalue weighted by atomic mass is 19.2. The van der Waals surface area contributed by atoms with Crippen molar-refractivity contribution in [1.82, 2.24) is 0 Å². The third-order valence-electron chi connectivity index (χ3n) is 2.55. The molecule has 10 heteroatoms. The Morgan fingerprint density at radius 1 is 0.826 bits per heavy atom. The molecule has 0 aliphatic rings. The fourth-order valence-electron chi connectivity index (χ4n) is 1.45. The summed E-state index contributed by atoms with van der Waals surface area (Å²) in [5.41, 5.74) is 4.88. The summed E-state index contributed by atoms with van der Waals surface area (Å²) >= 11 is 0. The van der Waals surface area contributed by atoms with E-state index >= 15 is 0 Å². The first-order valence-electron chi connectivity index (χ1n) is 6.33. The van der Waals surface area contributed by atoms with Crippen LogP contribution >= 0.6 is 0 Å². The molecule has 0 saturated heterocycles. The van der Waals surface area contributed by atoms with Crippen LogP contribution in [-0.4, -0.2) is 25.1 Å². The third kappa shape index (κ3) is 5.16. The summed E-state index contributed by atoms with van der Waals surface area (Å²) in [6, 6.07) is 0. The topological polar surface area (TPSA) is 78.6 Å². The van der Waals surface area contributed by atoms with Crippen molar-refractivity contribution in [2.45, 2.75) is 19.3 Å². The van der Waals surface area contributed by atoms with Crippen LogP contribution in [0.5, 0.6) is 5.75 Å². The minimum absolute atomic E-state index is 0.0784. The van der Waals surface area contributed by atoms with E-state index in [1.807, 2.05) is 0 Å². The van der Waals surface area contributed by atoms with Crippen molar-refractivity contribution in [3.63, 3.8) is 0 Å². The highest BCUT2D eigenvalue weighted by molar-refractivity contribution is 5.73. The van der Waals surface area contributed by atoms with Gasteiger partial charge in [0.1, 0.15) is 0 Å². The van der Waals surface area contributed by atoms with Gasteiger partial charge in [-0.1, -0.05) is 0 Å². The summed E-state index contributed by atoms with van der Waals surface area (Å²) in [6.07, 6.45) is -0.104. The quantitative estimate of drug-likeness (QED) is 0.196. The Bertz CT molecular complexity index is 580. The van der Waals surface area contributed by atoms with Gasteiger partial charge in [-0.2, -0.15) is 8.78 Å². The van der Waals surface area contributed by atoms with Crippen LogP contribution in [0.1, 0.15) is 19.3 Å². The van der Waals surface area contributed by atoms with Crippen LogP contribution in [0.3, 0.4) is 0 Å². The summed E-state index contributed by atoms with van der Waals surface area (Å²) in [5.74, 6) is -14.7. The van der Waals surface area contributed by atoms with Gasteiger partial charge >= 0.3 is 5.97 Å². The first-order chi connectivity index (χ1) is 10.8. The Balaban J connectivity index is 2.54. The Kier molecular flexibility index (Phi) is 6.89. The van der Waals surface area contributed by atoms with Crippen molar-refractivity contribution in [1.29, 1.82) is 0 Å². The molecule has 1 rings (SSSR count). The Morgan fingerprint density at radius 3 is 1.87 bits per heavy atom. The molecule has 0 bridgehead atoms. The molecule has 0 aliphatic carbocycles. The van der Waals surface area contributed by atoms with Crippen molar-refractivity contribution in [3.05, 3.63) is 29.1 Å². The van der Waals surface area contributed by atoms with Crippen molar-refractivity contribution in [2.24, 2.45) is 5.73 Å². The molecule has 0 heterocycles. The number of rotatable bonds is 8. The number of halogens is 5. The number of hydrogen-bond donors (Lipinski definition) is 1. The summed E-state index contributed by atoms with van der Waals surface area (Å²) in [6.45, 7) is -0.133. The van der Waals surface area contributed by atoms with Gasteiger partial charge in [0.15, 0.2) is 0 Å². The molecule has 0 saturated carbocycles.